The number of hydrogen-bond donors (Lipinski definition) is 1. The van der Waals surface area contributed by atoms with Crippen molar-refractivity contribution in [3.05, 3.63) is 76.5 Å². The number of aryl methyl sites for hydroxylation is 1. The fourth-order valence-corrected chi connectivity index (χ4v) is 3.37. The molecule has 27 heavy (non-hydrogen) atoms. The van der Waals surface area contributed by atoms with E-state index < -0.39 is 0 Å². The molecule has 1 heterocycles. The highest BCUT2D eigenvalue weighted by molar-refractivity contribution is 9.10. The molecular weight excluding hydrogens is 411 g/mol. The maximum Gasteiger partial charge on any atom is 0.221 e. The topological polar surface area (TPSA) is 55.1 Å². The highest BCUT2D eigenvalue weighted by atomic mass is 79.9. The van der Waals surface area contributed by atoms with Crippen LogP contribution in [0.2, 0.25) is 0 Å². The molecule has 1 aliphatic rings. The largest absolute Gasteiger partial charge is 0.441 e. The molecule has 3 aromatic rings. The summed E-state index contributed by atoms with van der Waals surface area (Å²) in [5, 5.41) is 3.15. The first kappa shape index (κ1) is 17.9. The number of nitrogens with one attached hydrogen (secondary N) is 1. The molecule has 1 saturated carbocycles. The number of aromatic nitrogens is 1. The monoisotopic (exact) mass is 428 g/mol. The van der Waals surface area contributed by atoms with Gasteiger partial charge in [0.2, 0.25) is 5.91 Å². The number of amides is 1. The Bertz CT molecular complexity index is 947. The van der Waals surface area contributed by atoms with Gasteiger partial charge in [-0.15, -0.1) is 0 Å². The second-order valence-corrected chi connectivity index (χ2v) is 7.68. The second kappa shape index (κ2) is 7.27. The van der Waals surface area contributed by atoms with E-state index in [1.165, 1.54) is 12.1 Å². The molecule has 0 atom stereocenters. The highest BCUT2D eigenvalue weighted by Crippen LogP contribution is 2.45. The molecule has 0 bridgehead atoms. The van der Waals surface area contributed by atoms with Crippen molar-refractivity contribution in [1.29, 1.82) is 0 Å². The number of carbonyl (C=O) groups is 1. The van der Waals surface area contributed by atoms with Gasteiger partial charge in [0, 0.05) is 22.9 Å². The van der Waals surface area contributed by atoms with Crippen LogP contribution >= 0.6 is 15.9 Å². The number of carbonyl (C=O) groups excluding carboxylic acids is 1. The number of nitrogens with zero attached hydrogens (tertiary/aromatic N) is 1. The summed E-state index contributed by atoms with van der Waals surface area (Å²) in [4.78, 5) is 16.6. The Kier molecular flexibility index (Phi) is 4.83. The standard InChI is InChI=1S/C21H18BrFN2O2/c22-16-5-3-15(4-6-16)21(11-12-21)25-19(26)9-10-20-24-13-18(27-20)14-1-7-17(23)8-2-14/h1-8,13H,9-12H2,(H,25,26). The first-order chi connectivity index (χ1) is 13.0. The van der Waals surface area contributed by atoms with Gasteiger partial charge in [-0.25, -0.2) is 9.37 Å². The van der Waals surface area contributed by atoms with Crippen molar-refractivity contribution in [3.63, 3.8) is 0 Å². The fraction of sp³-hybridized carbons (Fsp3) is 0.238. The predicted molar refractivity (Wildman–Crippen MR) is 103 cm³/mol. The van der Waals surface area contributed by atoms with Gasteiger partial charge >= 0.3 is 0 Å². The van der Waals surface area contributed by atoms with Crippen LogP contribution in [0.25, 0.3) is 11.3 Å². The molecule has 0 aliphatic heterocycles. The Balaban J connectivity index is 1.34. The molecule has 1 aromatic heterocycles. The molecule has 1 N–H and O–H groups in total. The number of benzene rings is 2. The van der Waals surface area contributed by atoms with Crippen LogP contribution in [-0.2, 0) is 16.8 Å². The third-order valence-electron chi connectivity index (χ3n) is 4.77. The first-order valence-electron chi connectivity index (χ1n) is 8.82. The van der Waals surface area contributed by atoms with Gasteiger partial charge in [-0.1, -0.05) is 28.1 Å². The Hall–Kier alpha value is -2.47. The lowest BCUT2D eigenvalue weighted by atomic mass is 10.0. The van der Waals surface area contributed by atoms with Crippen molar-refractivity contribution in [1.82, 2.24) is 10.3 Å². The van der Waals surface area contributed by atoms with Crippen molar-refractivity contribution < 1.29 is 13.6 Å². The maximum absolute atomic E-state index is 13.0. The summed E-state index contributed by atoms with van der Waals surface area (Å²) in [5.41, 5.74) is 1.66. The molecule has 4 rings (SSSR count). The zero-order valence-corrected chi connectivity index (χ0v) is 16.1. The summed E-state index contributed by atoms with van der Waals surface area (Å²) in [6.07, 6.45) is 4.23. The summed E-state index contributed by atoms with van der Waals surface area (Å²) in [6, 6.07) is 14.1. The van der Waals surface area contributed by atoms with Gasteiger partial charge in [0.25, 0.3) is 0 Å². The van der Waals surface area contributed by atoms with Crippen molar-refractivity contribution in [2.24, 2.45) is 0 Å². The maximum atomic E-state index is 13.0. The summed E-state index contributed by atoms with van der Waals surface area (Å²) in [5.74, 6) is 0.754. The van der Waals surface area contributed by atoms with E-state index in [9.17, 15) is 9.18 Å². The van der Waals surface area contributed by atoms with Gasteiger partial charge in [-0.3, -0.25) is 4.79 Å². The lowest BCUT2D eigenvalue weighted by Gasteiger charge is -2.18. The summed E-state index contributed by atoms with van der Waals surface area (Å²) >= 11 is 3.43. The average Bonchev–Trinajstić information content (AvgIpc) is 3.28. The van der Waals surface area contributed by atoms with Crippen LogP contribution in [0.15, 0.2) is 63.6 Å². The fourth-order valence-electron chi connectivity index (χ4n) is 3.10. The van der Waals surface area contributed by atoms with Crippen molar-refractivity contribution in [3.8, 4) is 11.3 Å². The minimum absolute atomic E-state index is 0.0167. The van der Waals surface area contributed by atoms with Gasteiger partial charge in [-0.2, -0.15) is 0 Å². The molecule has 0 saturated heterocycles. The van der Waals surface area contributed by atoms with Crippen LogP contribution in [0, 0.1) is 5.82 Å². The lowest BCUT2D eigenvalue weighted by molar-refractivity contribution is -0.122. The number of halogens is 2. The van der Waals surface area contributed by atoms with Gasteiger partial charge in [0.1, 0.15) is 5.82 Å². The predicted octanol–water partition coefficient (Wildman–Crippen LogP) is 4.98. The van der Waals surface area contributed by atoms with Gasteiger partial charge in [-0.05, 0) is 54.8 Å². The average molecular weight is 429 g/mol. The van der Waals surface area contributed by atoms with Gasteiger partial charge < -0.3 is 9.73 Å². The Morgan fingerprint density at radius 1 is 1.15 bits per heavy atom. The van der Waals surface area contributed by atoms with E-state index in [2.05, 4.69) is 26.2 Å². The molecule has 138 valence electrons. The van der Waals surface area contributed by atoms with Crippen molar-refractivity contribution in [2.45, 2.75) is 31.2 Å². The van der Waals surface area contributed by atoms with E-state index in [-0.39, 0.29) is 17.3 Å². The molecule has 1 amide bonds. The highest BCUT2D eigenvalue weighted by Gasteiger charge is 2.45. The van der Waals surface area contributed by atoms with Crippen LogP contribution in [0.4, 0.5) is 4.39 Å². The molecule has 0 unspecified atom stereocenters. The third-order valence-corrected chi connectivity index (χ3v) is 5.30. The number of hydrogen-bond acceptors (Lipinski definition) is 3. The molecule has 0 spiro atoms. The molecule has 2 aromatic carbocycles. The minimum Gasteiger partial charge on any atom is -0.441 e. The summed E-state index contributed by atoms with van der Waals surface area (Å²) in [6.45, 7) is 0. The summed E-state index contributed by atoms with van der Waals surface area (Å²) < 4.78 is 19.7. The van der Waals surface area contributed by atoms with Crippen LogP contribution in [-0.4, -0.2) is 10.9 Å². The molecule has 6 heteroatoms. The van der Waals surface area contributed by atoms with Crippen molar-refractivity contribution in [2.75, 3.05) is 0 Å². The Morgan fingerprint density at radius 3 is 2.52 bits per heavy atom. The first-order valence-corrected chi connectivity index (χ1v) is 9.61. The minimum atomic E-state index is -0.296. The smallest absolute Gasteiger partial charge is 0.221 e. The molecular formula is C21H18BrFN2O2. The molecule has 0 radical (unpaired) electrons. The third kappa shape index (κ3) is 4.11. The van der Waals surface area contributed by atoms with Gasteiger partial charge in [0.05, 0.1) is 11.7 Å². The molecule has 1 aliphatic carbocycles. The number of oxazole rings is 1. The lowest BCUT2D eigenvalue weighted by Crippen LogP contribution is -2.34. The van der Waals surface area contributed by atoms with Crippen molar-refractivity contribution >= 4 is 21.8 Å². The zero-order valence-electron chi connectivity index (χ0n) is 14.5. The molecule has 4 nitrogen and oxygen atoms in total. The van der Waals surface area contributed by atoms with E-state index in [0.717, 1.165) is 28.4 Å². The quantitative estimate of drug-likeness (QED) is 0.601. The van der Waals surface area contributed by atoms with Crippen LogP contribution in [0.3, 0.4) is 0 Å². The van der Waals surface area contributed by atoms with E-state index in [1.54, 1.807) is 18.3 Å². The zero-order chi connectivity index (χ0) is 18.9. The second-order valence-electron chi connectivity index (χ2n) is 6.76. The van der Waals surface area contributed by atoms with E-state index >= 15 is 0 Å². The van der Waals surface area contributed by atoms with E-state index in [4.69, 9.17) is 4.42 Å². The van der Waals surface area contributed by atoms with E-state index in [1.807, 2.05) is 24.3 Å². The van der Waals surface area contributed by atoms with Gasteiger partial charge in [0.15, 0.2) is 11.7 Å². The Labute approximate surface area is 164 Å². The normalized spacial score (nSPS) is 14.7. The van der Waals surface area contributed by atoms with E-state index in [0.29, 0.717) is 24.5 Å². The molecule has 1 fully saturated rings. The van der Waals surface area contributed by atoms with Crippen LogP contribution in [0.1, 0.15) is 30.7 Å². The van der Waals surface area contributed by atoms with Crippen LogP contribution in [0.5, 0.6) is 0 Å². The SMILES string of the molecule is O=C(CCc1ncc(-c2ccc(F)cc2)o1)NC1(c2ccc(Br)cc2)CC1. The Morgan fingerprint density at radius 2 is 1.85 bits per heavy atom. The van der Waals surface area contributed by atoms with Crippen LogP contribution < -0.4 is 5.32 Å². The number of rotatable bonds is 6. The summed E-state index contributed by atoms with van der Waals surface area (Å²) in [7, 11) is 0.